The van der Waals surface area contributed by atoms with Gasteiger partial charge in [-0.1, -0.05) is 6.08 Å². The molecule has 3 aromatic rings. The van der Waals surface area contributed by atoms with Crippen LogP contribution in [0.2, 0.25) is 0 Å². The number of carbonyl (C=O) groups is 1. The van der Waals surface area contributed by atoms with Crippen LogP contribution in [0.15, 0.2) is 42.7 Å². The first kappa shape index (κ1) is 19.5. The van der Waals surface area contributed by atoms with Gasteiger partial charge >= 0.3 is 0 Å². The Balaban J connectivity index is 1.33. The van der Waals surface area contributed by atoms with Gasteiger partial charge in [0.25, 0.3) is 5.91 Å². The SMILES string of the molecule is COc1ccc2c(n1)C1C[C@H]1C=C2c1ccn2ncc(C(=O)NC3CCN(C)CC3)c2c1. The van der Waals surface area contributed by atoms with Gasteiger partial charge in [-0.3, -0.25) is 4.79 Å². The molecule has 2 fully saturated rings. The molecule has 7 nitrogen and oxygen atoms in total. The molecule has 1 saturated carbocycles. The number of carbonyl (C=O) groups excluding carboxylic acids is 1. The van der Waals surface area contributed by atoms with Crippen LogP contribution in [-0.2, 0) is 0 Å². The molecule has 2 aliphatic carbocycles. The van der Waals surface area contributed by atoms with E-state index >= 15 is 0 Å². The monoisotopic (exact) mass is 429 g/mol. The van der Waals surface area contributed by atoms with Gasteiger partial charge < -0.3 is 15.0 Å². The predicted octanol–water partition coefficient (Wildman–Crippen LogP) is 3.11. The van der Waals surface area contributed by atoms with E-state index in [1.54, 1.807) is 17.8 Å². The summed E-state index contributed by atoms with van der Waals surface area (Å²) in [7, 11) is 3.78. The van der Waals surface area contributed by atoms with Crippen molar-refractivity contribution in [1.29, 1.82) is 0 Å². The largest absolute Gasteiger partial charge is 0.481 e. The number of aromatic nitrogens is 3. The van der Waals surface area contributed by atoms with Crippen molar-refractivity contribution in [2.24, 2.45) is 5.92 Å². The van der Waals surface area contributed by atoms with E-state index in [2.05, 4.69) is 46.6 Å². The smallest absolute Gasteiger partial charge is 0.255 e. The highest BCUT2D eigenvalue weighted by Crippen LogP contribution is 2.55. The van der Waals surface area contributed by atoms with Gasteiger partial charge in [0, 0.05) is 29.8 Å². The fourth-order valence-electron chi connectivity index (χ4n) is 5.09. The molecule has 1 aliphatic heterocycles. The van der Waals surface area contributed by atoms with Crippen LogP contribution in [0.3, 0.4) is 0 Å². The molecule has 1 N–H and O–H groups in total. The average molecular weight is 430 g/mol. The summed E-state index contributed by atoms with van der Waals surface area (Å²) in [5, 5.41) is 7.64. The van der Waals surface area contributed by atoms with E-state index < -0.39 is 0 Å². The summed E-state index contributed by atoms with van der Waals surface area (Å²) in [5.41, 5.74) is 6.00. The lowest BCUT2D eigenvalue weighted by Gasteiger charge is -2.29. The fraction of sp³-hybridized carbons (Fsp3) is 0.400. The number of hydrogen-bond acceptors (Lipinski definition) is 5. The zero-order chi connectivity index (χ0) is 21.8. The van der Waals surface area contributed by atoms with Crippen molar-refractivity contribution in [1.82, 2.24) is 24.8 Å². The zero-order valence-corrected chi connectivity index (χ0v) is 18.4. The van der Waals surface area contributed by atoms with Crippen molar-refractivity contribution in [3.63, 3.8) is 0 Å². The minimum absolute atomic E-state index is 0.0432. The van der Waals surface area contributed by atoms with E-state index in [1.165, 1.54) is 5.57 Å². The molecular formula is C25H27N5O2. The summed E-state index contributed by atoms with van der Waals surface area (Å²) >= 11 is 0. The maximum atomic E-state index is 13.1. The van der Waals surface area contributed by atoms with Crippen molar-refractivity contribution >= 4 is 17.0 Å². The number of methoxy groups -OCH3 is 1. The Morgan fingerprint density at radius 2 is 2.06 bits per heavy atom. The third-order valence-corrected chi connectivity index (χ3v) is 7.10. The minimum atomic E-state index is -0.0432. The lowest BCUT2D eigenvalue weighted by atomic mass is 9.90. The van der Waals surface area contributed by atoms with Gasteiger partial charge in [-0.2, -0.15) is 5.10 Å². The molecule has 32 heavy (non-hydrogen) atoms. The van der Waals surface area contributed by atoms with Crippen molar-refractivity contribution in [2.75, 3.05) is 27.2 Å². The Kier molecular flexibility index (Phi) is 4.54. The number of nitrogens with zero attached hydrogens (tertiary/aromatic N) is 4. The van der Waals surface area contributed by atoms with E-state index in [9.17, 15) is 4.79 Å². The van der Waals surface area contributed by atoms with Crippen LogP contribution in [0.5, 0.6) is 5.88 Å². The Hall–Kier alpha value is -3.19. The molecule has 3 aromatic heterocycles. The topological polar surface area (TPSA) is 71.8 Å². The summed E-state index contributed by atoms with van der Waals surface area (Å²) in [6.45, 7) is 2.02. The van der Waals surface area contributed by atoms with E-state index in [0.29, 0.717) is 23.3 Å². The molecule has 2 atom stereocenters. The van der Waals surface area contributed by atoms with Crippen LogP contribution in [0.4, 0.5) is 0 Å². The predicted molar refractivity (Wildman–Crippen MR) is 122 cm³/mol. The van der Waals surface area contributed by atoms with Crippen LogP contribution in [-0.4, -0.2) is 58.7 Å². The minimum Gasteiger partial charge on any atom is -0.481 e. The van der Waals surface area contributed by atoms with E-state index in [0.717, 1.165) is 54.7 Å². The second kappa shape index (κ2) is 7.45. The van der Waals surface area contributed by atoms with Crippen molar-refractivity contribution in [3.05, 3.63) is 65.1 Å². The molecule has 3 aliphatic rings. The molecule has 7 heteroatoms. The highest BCUT2D eigenvalue weighted by Gasteiger charge is 2.43. The van der Waals surface area contributed by atoms with Crippen molar-refractivity contribution in [3.8, 4) is 5.88 Å². The number of rotatable bonds is 4. The molecule has 6 rings (SSSR count). The Morgan fingerprint density at radius 1 is 1.22 bits per heavy atom. The number of amides is 1. The van der Waals surface area contributed by atoms with Crippen LogP contribution < -0.4 is 10.1 Å². The standard InChI is InChI=1S/C25H27N5O2/c1-29-8-6-17(7-9-29)27-25(31)21-14-26-30-10-5-15(13-22(21)30)19-11-16-12-20(16)24-18(19)3-4-23(28-24)32-2/h3-5,10-11,13-14,16-17,20H,6-9,12H2,1-2H3,(H,27,31)/t16-,20?/m1/s1. The first-order chi connectivity index (χ1) is 15.6. The quantitative estimate of drug-likeness (QED) is 0.690. The van der Waals surface area contributed by atoms with Crippen LogP contribution >= 0.6 is 0 Å². The molecule has 0 aromatic carbocycles. The summed E-state index contributed by atoms with van der Waals surface area (Å²) < 4.78 is 7.14. The second-order valence-electron chi connectivity index (χ2n) is 9.23. The van der Waals surface area contributed by atoms with Gasteiger partial charge in [-0.05, 0) is 74.7 Å². The lowest BCUT2D eigenvalue weighted by molar-refractivity contribution is 0.0918. The highest BCUT2D eigenvalue weighted by atomic mass is 16.5. The van der Waals surface area contributed by atoms with Crippen molar-refractivity contribution in [2.45, 2.75) is 31.2 Å². The van der Waals surface area contributed by atoms with E-state index in [-0.39, 0.29) is 11.9 Å². The average Bonchev–Trinajstić information content (AvgIpc) is 3.49. The number of pyridine rings is 2. The molecule has 0 spiro atoms. The van der Waals surface area contributed by atoms with Gasteiger partial charge in [0.2, 0.25) is 5.88 Å². The lowest BCUT2D eigenvalue weighted by Crippen LogP contribution is -2.43. The number of allylic oxidation sites excluding steroid dienone is 1. The van der Waals surface area contributed by atoms with E-state index in [1.807, 2.05) is 12.3 Å². The number of fused-ring (bicyclic) bond motifs is 4. The molecule has 1 amide bonds. The molecule has 0 bridgehead atoms. The highest BCUT2D eigenvalue weighted by molar-refractivity contribution is 6.01. The fourth-order valence-corrected chi connectivity index (χ4v) is 5.09. The third-order valence-electron chi connectivity index (χ3n) is 7.10. The van der Waals surface area contributed by atoms with Crippen LogP contribution in [0, 0.1) is 5.92 Å². The first-order valence-electron chi connectivity index (χ1n) is 11.3. The molecule has 164 valence electrons. The Labute approximate surface area is 187 Å². The van der Waals surface area contributed by atoms with Gasteiger partial charge in [0.15, 0.2) is 0 Å². The van der Waals surface area contributed by atoms with Gasteiger partial charge in [-0.25, -0.2) is 9.50 Å². The zero-order valence-electron chi connectivity index (χ0n) is 18.4. The molecule has 1 saturated heterocycles. The normalized spacial score (nSPS) is 22.8. The number of ether oxygens (including phenoxy) is 1. The third kappa shape index (κ3) is 3.28. The summed E-state index contributed by atoms with van der Waals surface area (Å²) in [6, 6.07) is 8.40. The molecular weight excluding hydrogens is 402 g/mol. The van der Waals surface area contributed by atoms with Gasteiger partial charge in [0.1, 0.15) is 0 Å². The molecule has 0 radical (unpaired) electrons. The second-order valence-corrected chi connectivity index (χ2v) is 9.23. The molecule has 4 heterocycles. The van der Waals surface area contributed by atoms with E-state index in [4.69, 9.17) is 9.72 Å². The van der Waals surface area contributed by atoms with Crippen LogP contribution in [0.1, 0.15) is 52.4 Å². The Morgan fingerprint density at radius 3 is 2.88 bits per heavy atom. The van der Waals surface area contributed by atoms with Crippen LogP contribution in [0.25, 0.3) is 11.1 Å². The Bertz CT molecular complexity index is 1240. The number of nitrogens with one attached hydrogen (secondary N) is 1. The maximum absolute atomic E-state index is 13.1. The maximum Gasteiger partial charge on any atom is 0.255 e. The number of hydrogen-bond donors (Lipinski definition) is 1. The summed E-state index contributed by atoms with van der Waals surface area (Å²) in [6.07, 6.45) is 9.08. The summed E-state index contributed by atoms with van der Waals surface area (Å²) in [4.78, 5) is 20.1. The summed E-state index contributed by atoms with van der Waals surface area (Å²) in [5.74, 6) is 1.65. The van der Waals surface area contributed by atoms with Gasteiger partial charge in [-0.15, -0.1) is 0 Å². The molecule has 1 unspecified atom stereocenters. The first-order valence-corrected chi connectivity index (χ1v) is 11.3. The number of piperidine rings is 1. The number of likely N-dealkylation sites (tertiary alicyclic amines) is 1. The van der Waals surface area contributed by atoms with Gasteiger partial charge in [0.05, 0.1) is 30.1 Å². The van der Waals surface area contributed by atoms with Crippen molar-refractivity contribution < 1.29 is 9.53 Å².